The van der Waals surface area contributed by atoms with E-state index < -0.39 is 28.5 Å². The molecule has 0 aliphatic carbocycles. The molecule has 192 valence electrons. The van der Waals surface area contributed by atoms with E-state index >= 15 is 4.39 Å². The summed E-state index contributed by atoms with van der Waals surface area (Å²) in [6, 6.07) is 19.0. The Balaban J connectivity index is 1.45. The van der Waals surface area contributed by atoms with Gasteiger partial charge in [-0.05, 0) is 55.7 Å². The minimum Gasteiger partial charge on any atom is -0.379 e. The fourth-order valence-electron chi connectivity index (χ4n) is 5.90. The third-order valence-corrected chi connectivity index (χ3v) is 7.57. The summed E-state index contributed by atoms with van der Waals surface area (Å²) in [6.45, 7) is 7.49. The van der Waals surface area contributed by atoms with Gasteiger partial charge in [0.2, 0.25) is 0 Å². The summed E-state index contributed by atoms with van der Waals surface area (Å²) >= 11 is 0. The number of hydrogen-bond donors (Lipinski definition) is 1. The van der Waals surface area contributed by atoms with E-state index in [1.807, 2.05) is 49.1 Å². The number of carbonyl (C=O) groups excluding carboxylic acids is 2. The second-order valence-corrected chi connectivity index (χ2v) is 10.8. The fraction of sp³-hybridized carbons (Fsp3) is 0.333. The van der Waals surface area contributed by atoms with Crippen LogP contribution in [0.1, 0.15) is 48.7 Å². The smallest absolute Gasteiger partial charge is 0.295 e. The van der Waals surface area contributed by atoms with Crippen molar-refractivity contribution in [3.8, 4) is 0 Å². The number of piperazine rings is 1. The fourth-order valence-corrected chi connectivity index (χ4v) is 5.90. The van der Waals surface area contributed by atoms with Gasteiger partial charge in [-0.25, -0.2) is 8.78 Å². The van der Waals surface area contributed by atoms with E-state index in [1.54, 1.807) is 18.2 Å². The van der Waals surface area contributed by atoms with Crippen molar-refractivity contribution in [2.24, 2.45) is 0 Å². The number of amides is 1. The van der Waals surface area contributed by atoms with Crippen molar-refractivity contribution < 1.29 is 18.4 Å². The van der Waals surface area contributed by atoms with E-state index in [0.29, 0.717) is 36.4 Å². The van der Waals surface area contributed by atoms with Crippen LogP contribution in [0.4, 0.5) is 20.2 Å². The van der Waals surface area contributed by atoms with Gasteiger partial charge >= 0.3 is 0 Å². The Hall–Kier alpha value is -3.74. The predicted octanol–water partition coefficient (Wildman–Crippen LogP) is 5.40. The molecule has 1 N–H and O–H groups in total. The number of carbonyl (C=O) groups is 2. The summed E-state index contributed by atoms with van der Waals surface area (Å²) in [7, 11) is 0. The first-order chi connectivity index (χ1) is 17.6. The van der Waals surface area contributed by atoms with Gasteiger partial charge < -0.3 is 15.1 Å². The molecule has 1 saturated heterocycles. The minimum absolute atomic E-state index is 0.0477. The highest BCUT2D eigenvalue weighted by atomic mass is 19.1. The molecule has 2 heterocycles. The van der Waals surface area contributed by atoms with Gasteiger partial charge in [-0.1, -0.05) is 49.4 Å². The number of rotatable bonds is 4. The maximum atomic E-state index is 15.0. The van der Waals surface area contributed by atoms with Crippen LogP contribution in [0.3, 0.4) is 0 Å². The first-order valence-corrected chi connectivity index (χ1v) is 12.6. The summed E-state index contributed by atoms with van der Waals surface area (Å²) < 4.78 is 29.2. The normalized spacial score (nSPS) is 20.7. The number of nitrogens with one attached hydrogen (secondary N) is 1. The van der Waals surface area contributed by atoms with E-state index in [9.17, 15) is 14.0 Å². The lowest BCUT2D eigenvalue weighted by Crippen LogP contribution is -2.51. The average molecular weight is 504 g/mol. The van der Waals surface area contributed by atoms with Gasteiger partial charge in [0.25, 0.3) is 11.7 Å². The number of fused-ring (bicyclic) bond motifs is 1. The SMILES string of the molecule is CC1(C)CC(C)(c2ccccc2)c2cc(F)cc(C(=O)C(=O)N3CCN(c4ccccc4F)CC3)c2N1. The lowest BCUT2D eigenvalue weighted by Gasteiger charge is -2.46. The van der Waals surface area contributed by atoms with Gasteiger partial charge in [0.1, 0.15) is 11.6 Å². The van der Waals surface area contributed by atoms with Crippen LogP contribution in [0.25, 0.3) is 0 Å². The molecule has 0 saturated carbocycles. The van der Waals surface area contributed by atoms with Crippen LogP contribution in [-0.4, -0.2) is 48.3 Å². The van der Waals surface area contributed by atoms with Crippen LogP contribution in [0.2, 0.25) is 0 Å². The van der Waals surface area contributed by atoms with Crippen molar-refractivity contribution in [2.75, 3.05) is 36.4 Å². The largest absolute Gasteiger partial charge is 0.379 e. The molecule has 2 aliphatic rings. The molecular formula is C30H31F2N3O2. The second kappa shape index (κ2) is 9.29. The molecule has 0 aromatic heterocycles. The topological polar surface area (TPSA) is 52.7 Å². The van der Waals surface area contributed by atoms with Gasteiger partial charge in [0.15, 0.2) is 0 Å². The number of benzene rings is 3. The summed E-state index contributed by atoms with van der Waals surface area (Å²) in [6.07, 6.45) is 0.681. The number of anilines is 2. The molecular weight excluding hydrogens is 472 g/mol. The van der Waals surface area contributed by atoms with Crippen molar-refractivity contribution in [1.82, 2.24) is 4.90 Å². The molecule has 1 amide bonds. The van der Waals surface area contributed by atoms with Gasteiger partial charge in [-0.2, -0.15) is 0 Å². The van der Waals surface area contributed by atoms with Crippen LogP contribution >= 0.6 is 0 Å². The number of hydrogen-bond acceptors (Lipinski definition) is 4. The Morgan fingerprint density at radius 3 is 2.19 bits per heavy atom. The zero-order chi connectivity index (χ0) is 26.4. The second-order valence-electron chi connectivity index (χ2n) is 10.8. The summed E-state index contributed by atoms with van der Waals surface area (Å²) in [5.41, 5.74) is 1.75. The lowest BCUT2D eigenvalue weighted by atomic mass is 9.65. The van der Waals surface area contributed by atoms with Crippen molar-refractivity contribution in [3.63, 3.8) is 0 Å². The Morgan fingerprint density at radius 1 is 0.865 bits per heavy atom. The van der Waals surface area contributed by atoms with E-state index in [2.05, 4.69) is 12.2 Å². The lowest BCUT2D eigenvalue weighted by molar-refractivity contribution is -0.126. The van der Waals surface area contributed by atoms with E-state index in [1.165, 1.54) is 17.0 Å². The van der Waals surface area contributed by atoms with E-state index in [0.717, 1.165) is 11.6 Å². The highest BCUT2D eigenvalue weighted by Crippen LogP contribution is 2.48. The number of nitrogens with zero attached hydrogens (tertiary/aromatic N) is 2. The van der Waals surface area contributed by atoms with Gasteiger partial charge in [0, 0.05) is 37.1 Å². The molecule has 5 nitrogen and oxygen atoms in total. The number of ketones is 1. The van der Waals surface area contributed by atoms with Crippen molar-refractivity contribution in [2.45, 2.75) is 38.1 Å². The molecule has 7 heteroatoms. The molecule has 1 atom stereocenters. The van der Waals surface area contributed by atoms with Crippen molar-refractivity contribution >= 4 is 23.1 Å². The monoisotopic (exact) mass is 503 g/mol. The third-order valence-electron chi connectivity index (χ3n) is 7.57. The Bertz CT molecular complexity index is 1350. The van der Waals surface area contributed by atoms with E-state index in [4.69, 9.17) is 0 Å². The highest BCUT2D eigenvalue weighted by Gasteiger charge is 2.44. The number of halogens is 2. The van der Waals surface area contributed by atoms with E-state index in [-0.39, 0.29) is 24.5 Å². The molecule has 3 aromatic carbocycles. The molecule has 5 rings (SSSR count). The molecule has 37 heavy (non-hydrogen) atoms. The summed E-state index contributed by atoms with van der Waals surface area (Å²) in [5.74, 6) is -2.29. The molecule has 1 fully saturated rings. The van der Waals surface area contributed by atoms with Gasteiger partial charge in [-0.3, -0.25) is 9.59 Å². The quantitative estimate of drug-likeness (QED) is 0.383. The van der Waals surface area contributed by atoms with Crippen molar-refractivity contribution in [1.29, 1.82) is 0 Å². The maximum absolute atomic E-state index is 15.0. The molecule has 0 spiro atoms. The summed E-state index contributed by atoms with van der Waals surface area (Å²) in [4.78, 5) is 30.2. The number of Topliss-reactive ketones (excluding diaryl/α,β-unsaturated/α-hetero) is 1. The van der Waals surface area contributed by atoms with Gasteiger partial charge in [-0.15, -0.1) is 0 Å². The summed E-state index contributed by atoms with van der Waals surface area (Å²) in [5, 5.41) is 3.42. The third kappa shape index (κ3) is 4.59. The zero-order valence-electron chi connectivity index (χ0n) is 21.4. The Kier molecular flexibility index (Phi) is 6.26. The highest BCUT2D eigenvalue weighted by molar-refractivity contribution is 6.44. The number of para-hydroxylation sites is 1. The first kappa shape index (κ1) is 24.9. The van der Waals surface area contributed by atoms with Crippen LogP contribution in [0.5, 0.6) is 0 Å². The molecule has 3 aromatic rings. The Morgan fingerprint density at radius 2 is 1.51 bits per heavy atom. The van der Waals surface area contributed by atoms with Crippen LogP contribution in [0.15, 0.2) is 66.7 Å². The molecule has 2 aliphatic heterocycles. The molecule has 0 bridgehead atoms. The van der Waals surface area contributed by atoms with Crippen LogP contribution in [0, 0.1) is 11.6 Å². The predicted molar refractivity (Wildman–Crippen MR) is 141 cm³/mol. The van der Waals surface area contributed by atoms with Crippen LogP contribution in [-0.2, 0) is 10.2 Å². The average Bonchev–Trinajstić information content (AvgIpc) is 2.88. The molecule has 1 unspecified atom stereocenters. The minimum atomic E-state index is -0.740. The standard InChI is InChI=1S/C30H31F2N3O2/c1-29(2)19-30(3,20-9-5-4-6-10-20)23-18-21(31)17-22(26(23)33-29)27(36)28(37)35-15-13-34(14-16-35)25-12-8-7-11-24(25)32/h4-12,17-18,33H,13-16,19H2,1-3H3. The molecule has 0 radical (unpaired) electrons. The van der Waals surface area contributed by atoms with Crippen molar-refractivity contribution in [3.05, 3.63) is 95.1 Å². The first-order valence-electron chi connectivity index (χ1n) is 12.6. The maximum Gasteiger partial charge on any atom is 0.295 e. The van der Waals surface area contributed by atoms with Gasteiger partial charge in [0.05, 0.1) is 16.9 Å². The van der Waals surface area contributed by atoms with Crippen LogP contribution < -0.4 is 10.2 Å². The zero-order valence-corrected chi connectivity index (χ0v) is 21.4. The Labute approximate surface area is 216 Å².